The quantitative estimate of drug-likeness (QED) is 0.313. The van der Waals surface area contributed by atoms with E-state index in [1.165, 1.54) is 6.20 Å². The highest BCUT2D eigenvalue weighted by Crippen LogP contribution is 2.49. The molecule has 1 fully saturated rings. The summed E-state index contributed by atoms with van der Waals surface area (Å²) in [5.41, 5.74) is -2.11. The molecule has 1 aliphatic carbocycles. The van der Waals surface area contributed by atoms with Crippen molar-refractivity contribution < 1.29 is 31.5 Å². The lowest BCUT2D eigenvalue weighted by Gasteiger charge is -2.16. The van der Waals surface area contributed by atoms with Crippen LogP contribution in [0.3, 0.4) is 0 Å². The molecule has 2 aromatic heterocycles. The van der Waals surface area contributed by atoms with Gasteiger partial charge in [-0.05, 0) is 43.5 Å². The van der Waals surface area contributed by atoms with E-state index in [4.69, 9.17) is 0 Å². The number of aromatic nitrogens is 2. The topological polar surface area (TPSA) is 84.0 Å². The molecule has 4 rings (SSSR count). The van der Waals surface area contributed by atoms with Gasteiger partial charge in [-0.2, -0.15) is 13.2 Å². The van der Waals surface area contributed by atoms with Crippen molar-refractivity contribution >= 4 is 23.1 Å². The monoisotopic (exact) mass is 504 g/mol. The predicted molar refractivity (Wildman–Crippen MR) is 120 cm³/mol. The molecule has 0 unspecified atom stereocenters. The lowest BCUT2D eigenvalue weighted by molar-refractivity contribution is -0.137. The fourth-order valence-electron chi connectivity index (χ4n) is 3.80. The van der Waals surface area contributed by atoms with E-state index in [2.05, 4.69) is 20.6 Å². The summed E-state index contributed by atoms with van der Waals surface area (Å²) in [7, 11) is 0. The van der Waals surface area contributed by atoms with E-state index in [9.17, 15) is 31.5 Å². The molecule has 6 nitrogen and oxygen atoms in total. The molecule has 0 spiro atoms. The van der Waals surface area contributed by atoms with Crippen molar-refractivity contribution in [1.29, 1.82) is 0 Å². The molecule has 1 aromatic carbocycles. The summed E-state index contributed by atoms with van der Waals surface area (Å²) in [6, 6.07) is 5.03. The Labute approximate surface area is 203 Å². The van der Waals surface area contributed by atoms with Crippen molar-refractivity contribution in [2.24, 2.45) is 5.41 Å². The Balaban J connectivity index is 1.41. The maximum Gasteiger partial charge on any atom is 0.418 e. The molecule has 11 heteroatoms. The third kappa shape index (κ3) is 5.50. The SMILES string of the molecule is Cc1cncc(C(=O)CC2(C(=O)NCc3ncc(Nc4c(F)cccc4C(F)(F)F)cc3F)CC2)c1. The smallest absolute Gasteiger partial charge is 0.351 e. The minimum atomic E-state index is -4.82. The molecule has 1 saturated carbocycles. The summed E-state index contributed by atoms with van der Waals surface area (Å²) in [6.07, 6.45) is 0.281. The summed E-state index contributed by atoms with van der Waals surface area (Å²) >= 11 is 0. The van der Waals surface area contributed by atoms with E-state index in [1.54, 1.807) is 19.2 Å². The van der Waals surface area contributed by atoms with Gasteiger partial charge in [-0.15, -0.1) is 0 Å². The van der Waals surface area contributed by atoms with Crippen LogP contribution in [-0.2, 0) is 17.5 Å². The predicted octanol–water partition coefficient (Wildman–Crippen LogP) is 5.50. The Morgan fingerprint density at radius 2 is 1.81 bits per heavy atom. The second kappa shape index (κ2) is 9.63. The Bertz CT molecular complexity index is 1320. The van der Waals surface area contributed by atoms with Crippen LogP contribution in [0.25, 0.3) is 0 Å². The lowest BCUT2D eigenvalue weighted by Crippen LogP contribution is -2.33. The number of para-hydroxylation sites is 1. The summed E-state index contributed by atoms with van der Waals surface area (Å²) in [5.74, 6) is -2.70. The van der Waals surface area contributed by atoms with Gasteiger partial charge in [0, 0.05) is 30.4 Å². The number of anilines is 2. The van der Waals surface area contributed by atoms with Gasteiger partial charge in [0.15, 0.2) is 5.78 Å². The summed E-state index contributed by atoms with van der Waals surface area (Å²) in [6.45, 7) is 1.51. The van der Waals surface area contributed by atoms with Gasteiger partial charge >= 0.3 is 6.18 Å². The van der Waals surface area contributed by atoms with Crippen LogP contribution in [-0.4, -0.2) is 21.7 Å². The average Bonchev–Trinajstić information content (AvgIpc) is 3.59. The van der Waals surface area contributed by atoms with Gasteiger partial charge in [0.05, 0.1) is 40.8 Å². The highest BCUT2D eigenvalue weighted by molar-refractivity contribution is 6.00. The second-order valence-corrected chi connectivity index (χ2v) is 8.75. The number of nitrogens with zero attached hydrogens (tertiary/aromatic N) is 2. The molecule has 2 N–H and O–H groups in total. The van der Waals surface area contributed by atoms with Crippen LogP contribution in [0.2, 0.25) is 0 Å². The zero-order valence-corrected chi connectivity index (χ0v) is 19.0. The number of Topliss-reactive ketones (excluding diaryl/α,β-unsaturated/α-hetero) is 1. The zero-order chi connectivity index (χ0) is 26.1. The minimum absolute atomic E-state index is 0.00703. The van der Waals surface area contributed by atoms with Crippen molar-refractivity contribution in [2.45, 2.75) is 38.9 Å². The van der Waals surface area contributed by atoms with Crippen LogP contribution in [0.5, 0.6) is 0 Å². The Morgan fingerprint density at radius 3 is 2.44 bits per heavy atom. The van der Waals surface area contributed by atoms with Crippen molar-refractivity contribution in [3.8, 4) is 0 Å². The third-order valence-electron chi connectivity index (χ3n) is 5.95. The van der Waals surface area contributed by atoms with Gasteiger partial charge in [0.1, 0.15) is 11.6 Å². The summed E-state index contributed by atoms with van der Waals surface area (Å²) in [4.78, 5) is 33.2. The molecule has 0 radical (unpaired) electrons. The van der Waals surface area contributed by atoms with Crippen molar-refractivity contribution in [2.75, 3.05) is 5.32 Å². The zero-order valence-electron chi connectivity index (χ0n) is 19.0. The first-order chi connectivity index (χ1) is 17.0. The van der Waals surface area contributed by atoms with E-state index in [1.807, 2.05) is 0 Å². The first kappa shape index (κ1) is 25.2. The highest BCUT2D eigenvalue weighted by atomic mass is 19.4. The lowest BCUT2D eigenvalue weighted by atomic mass is 9.95. The molecule has 36 heavy (non-hydrogen) atoms. The number of aryl methyl sites for hydroxylation is 1. The third-order valence-corrected chi connectivity index (χ3v) is 5.95. The highest BCUT2D eigenvalue weighted by Gasteiger charge is 2.51. The standard InChI is InChI=1S/C25H21F5N4O2/c1-14-7-15(11-31-10-14)21(35)9-24(5-6-24)23(36)33-13-20-19(27)8-16(12-32-20)34-22-17(25(28,29)30)3-2-4-18(22)26/h2-4,7-8,10-12,34H,5-6,9,13H2,1H3,(H,33,36). The first-order valence-corrected chi connectivity index (χ1v) is 11.0. The van der Waals surface area contributed by atoms with Gasteiger partial charge < -0.3 is 10.6 Å². The van der Waals surface area contributed by atoms with Crippen LogP contribution in [0.15, 0.2) is 48.9 Å². The van der Waals surface area contributed by atoms with Gasteiger partial charge in [-0.1, -0.05) is 6.07 Å². The number of amides is 1. The molecule has 2 heterocycles. The Morgan fingerprint density at radius 1 is 1.06 bits per heavy atom. The number of carbonyl (C=O) groups is 2. The Kier molecular flexibility index (Phi) is 6.75. The van der Waals surface area contributed by atoms with E-state index in [-0.39, 0.29) is 30.1 Å². The van der Waals surface area contributed by atoms with E-state index < -0.39 is 40.4 Å². The van der Waals surface area contributed by atoms with Crippen LogP contribution in [0.4, 0.5) is 33.3 Å². The number of halogens is 5. The largest absolute Gasteiger partial charge is 0.418 e. The van der Waals surface area contributed by atoms with Crippen LogP contribution in [0, 0.1) is 24.0 Å². The van der Waals surface area contributed by atoms with Gasteiger partial charge in [0.25, 0.3) is 0 Å². The molecule has 0 saturated heterocycles. The number of pyridine rings is 2. The van der Waals surface area contributed by atoms with Crippen molar-refractivity contribution in [3.63, 3.8) is 0 Å². The molecule has 0 aliphatic heterocycles. The molecule has 3 aromatic rings. The molecule has 188 valence electrons. The van der Waals surface area contributed by atoms with Crippen molar-refractivity contribution in [3.05, 3.63) is 82.9 Å². The number of carbonyl (C=O) groups excluding carboxylic acids is 2. The number of rotatable bonds is 8. The number of alkyl halides is 3. The van der Waals surface area contributed by atoms with Crippen LogP contribution >= 0.6 is 0 Å². The maximum absolute atomic E-state index is 14.6. The number of hydrogen-bond acceptors (Lipinski definition) is 5. The first-order valence-electron chi connectivity index (χ1n) is 11.0. The van der Waals surface area contributed by atoms with Gasteiger partial charge in [-0.25, -0.2) is 8.78 Å². The maximum atomic E-state index is 14.6. The average molecular weight is 504 g/mol. The van der Waals surface area contributed by atoms with Crippen molar-refractivity contribution in [1.82, 2.24) is 15.3 Å². The molecule has 1 aliphatic rings. The molecule has 0 atom stereocenters. The number of benzene rings is 1. The van der Waals surface area contributed by atoms with E-state index >= 15 is 0 Å². The molecule has 0 bridgehead atoms. The fourth-order valence-corrected chi connectivity index (χ4v) is 3.80. The number of ketones is 1. The summed E-state index contributed by atoms with van der Waals surface area (Å²) < 4.78 is 68.2. The molecule has 1 amide bonds. The Hall–Kier alpha value is -3.89. The number of hydrogen-bond donors (Lipinski definition) is 2. The molecular formula is C25H21F5N4O2. The minimum Gasteiger partial charge on any atom is -0.351 e. The second-order valence-electron chi connectivity index (χ2n) is 8.75. The van der Waals surface area contributed by atoms with E-state index in [0.29, 0.717) is 24.5 Å². The normalized spacial score (nSPS) is 14.3. The fraction of sp³-hybridized carbons (Fsp3) is 0.280. The molecular weight excluding hydrogens is 483 g/mol. The van der Waals surface area contributed by atoms with E-state index in [0.717, 1.165) is 30.0 Å². The van der Waals surface area contributed by atoms with Gasteiger partial charge in [0.2, 0.25) is 5.91 Å². The van der Waals surface area contributed by atoms with Gasteiger partial charge in [-0.3, -0.25) is 19.6 Å². The number of nitrogens with one attached hydrogen (secondary N) is 2. The summed E-state index contributed by atoms with van der Waals surface area (Å²) in [5, 5.41) is 4.81. The van der Waals surface area contributed by atoms with Crippen LogP contribution in [0.1, 0.15) is 46.4 Å². The van der Waals surface area contributed by atoms with Crippen LogP contribution < -0.4 is 10.6 Å².